The Balaban J connectivity index is 1.37. The zero-order valence-electron chi connectivity index (χ0n) is 16.0. The van der Waals surface area contributed by atoms with Crippen LogP contribution in [0.25, 0.3) is 6.08 Å². The fourth-order valence-electron chi connectivity index (χ4n) is 2.38. The maximum absolute atomic E-state index is 11.8. The second-order valence-corrected chi connectivity index (χ2v) is 6.00. The highest BCUT2D eigenvalue weighted by Gasteiger charge is 2.01. The Hall–Kier alpha value is -3.65. The monoisotopic (exact) mass is 394 g/mol. The Labute approximate surface area is 168 Å². The number of amides is 1. The second-order valence-electron chi connectivity index (χ2n) is 6.00. The van der Waals surface area contributed by atoms with Crippen LogP contribution in [0.5, 0.6) is 11.5 Å². The number of benzene rings is 2. The molecule has 0 spiro atoms. The second kappa shape index (κ2) is 10.6. The van der Waals surface area contributed by atoms with Crippen LogP contribution in [0.2, 0.25) is 0 Å². The van der Waals surface area contributed by atoms with E-state index in [0.717, 1.165) is 17.1 Å². The highest BCUT2D eigenvalue weighted by Crippen LogP contribution is 2.11. The molecule has 150 valence electrons. The number of aromatic nitrogens is 3. The van der Waals surface area contributed by atoms with Gasteiger partial charge >= 0.3 is 0 Å². The van der Waals surface area contributed by atoms with E-state index >= 15 is 0 Å². The zero-order valence-corrected chi connectivity index (χ0v) is 16.0. The number of hydrogen-bond acceptors (Lipinski definition) is 6. The first-order chi connectivity index (χ1) is 14.2. The summed E-state index contributed by atoms with van der Waals surface area (Å²) < 4.78 is 12.4. The number of para-hydroxylation sites is 1. The predicted octanol–water partition coefficient (Wildman–Crippen LogP) is 2.63. The van der Waals surface area contributed by atoms with Crippen LogP contribution < -0.4 is 15.0 Å². The summed E-state index contributed by atoms with van der Waals surface area (Å²) in [6.07, 6.45) is 4.63. The maximum atomic E-state index is 11.8. The molecular formula is C21H22N4O4. The van der Waals surface area contributed by atoms with Gasteiger partial charge in [-0.05, 0) is 35.9 Å². The molecular weight excluding hydrogens is 372 g/mol. The number of hydroxylamine groups is 1. The number of carbonyl (C=O) groups is 1. The third kappa shape index (κ3) is 6.78. The van der Waals surface area contributed by atoms with Crippen molar-refractivity contribution in [2.75, 3.05) is 13.7 Å². The summed E-state index contributed by atoms with van der Waals surface area (Å²) in [5.74, 6) is 1.18. The van der Waals surface area contributed by atoms with Crippen molar-refractivity contribution in [3.8, 4) is 11.5 Å². The fourth-order valence-corrected chi connectivity index (χ4v) is 2.38. The molecule has 0 atom stereocenters. The minimum atomic E-state index is -0.388. The van der Waals surface area contributed by atoms with Crippen LogP contribution in [0.3, 0.4) is 0 Å². The van der Waals surface area contributed by atoms with Gasteiger partial charge in [0.1, 0.15) is 23.8 Å². The number of nitrogens with zero attached hydrogens (tertiary/aromatic N) is 3. The van der Waals surface area contributed by atoms with E-state index in [9.17, 15) is 4.79 Å². The van der Waals surface area contributed by atoms with E-state index < -0.39 is 0 Å². The SMILES string of the molecule is COc1ccc(CONC(=O)/C=C/c2cn(CCOc3ccccc3)nn2)cc1. The van der Waals surface area contributed by atoms with Gasteiger partial charge in [0, 0.05) is 6.08 Å². The van der Waals surface area contributed by atoms with Crippen LogP contribution in [-0.2, 0) is 22.8 Å². The summed E-state index contributed by atoms with van der Waals surface area (Å²) in [7, 11) is 1.61. The van der Waals surface area contributed by atoms with E-state index in [1.54, 1.807) is 24.1 Å². The molecule has 8 heteroatoms. The Morgan fingerprint density at radius 2 is 1.90 bits per heavy atom. The Bertz CT molecular complexity index is 923. The van der Waals surface area contributed by atoms with E-state index in [0.29, 0.717) is 18.8 Å². The molecule has 0 aliphatic heterocycles. The molecule has 8 nitrogen and oxygen atoms in total. The predicted molar refractivity (Wildman–Crippen MR) is 107 cm³/mol. The summed E-state index contributed by atoms with van der Waals surface area (Å²) in [6, 6.07) is 16.9. The third-order valence-electron chi connectivity index (χ3n) is 3.86. The van der Waals surface area contributed by atoms with Crippen LogP contribution in [0, 0.1) is 0 Å². The molecule has 1 aromatic heterocycles. The van der Waals surface area contributed by atoms with Gasteiger partial charge in [0.15, 0.2) is 0 Å². The van der Waals surface area contributed by atoms with Crippen molar-refractivity contribution < 1.29 is 19.1 Å². The van der Waals surface area contributed by atoms with E-state index in [-0.39, 0.29) is 12.5 Å². The summed E-state index contributed by atoms with van der Waals surface area (Å²) in [4.78, 5) is 17.0. The number of hydrogen-bond donors (Lipinski definition) is 1. The molecule has 0 bridgehead atoms. The summed E-state index contributed by atoms with van der Waals surface area (Å²) in [5, 5.41) is 8.00. The quantitative estimate of drug-likeness (QED) is 0.420. The maximum Gasteiger partial charge on any atom is 0.267 e. The molecule has 0 aliphatic rings. The number of carbonyl (C=O) groups excluding carboxylic acids is 1. The van der Waals surface area contributed by atoms with Gasteiger partial charge in [-0.25, -0.2) is 10.2 Å². The Morgan fingerprint density at radius 3 is 2.66 bits per heavy atom. The van der Waals surface area contributed by atoms with Crippen molar-refractivity contribution in [2.24, 2.45) is 0 Å². The molecule has 3 aromatic rings. The van der Waals surface area contributed by atoms with Gasteiger partial charge in [-0.2, -0.15) is 0 Å². The lowest BCUT2D eigenvalue weighted by Gasteiger charge is -2.05. The van der Waals surface area contributed by atoms with E-state index in [4.69, 9.17) is 14.3 Å². The fraction of sp³-hybridized carbons (Fsp3) is 0.190. The summed E-state index contributed by atoms with van der Waals surface area (Å²) >= 11 is 0. The molecule has 0 unspecified atom stereocenters. The van der Waals surface area contributed by atoms with Crippen molar-refractivity contribution in [1.29, 1.82) is 0 Å². The molecule has 0 saturated carbocycles. The lowest BCUT2D eigenvalue weighted by Crippen LogP contribution is -2.21. The summed E-state index contributed by atoms with van der Waals surface area (Å²) in [6.45, 7) is 1.27. The molecule has 1 heterocycles. The highest BCUT2D eigenvalue weighted by atomic mass is 16.6. The number of nitrogens with one attached hydrogen (secondary N) is 1. The van der Waals surface area contributed by atoms with Crippen molar-refractivity contribution in [2.45, 2.75) is 13.2 Å². The first-order valence-corrected chi connectivity index (χ1v) is 9.04. The molecule has 2 aromatic carbocycles. The molecule has 0 saturated heterocycles. The van der Waals surface area contributed by atoms with Crippen LogP contribution >= 0.6 is 0 Å². The van der Waals surface area contributed by atoms with Gasteiger partial charge < -0.3 is 9.47 Å². The molecule has 29 heavy (non-hydrogen) atoms. The van der Waals surface area contributed by atoms with E-state index in [2.05, 4.69) is 15.8 Å². The van der Waals surface area contributed by atoms with Gasteiger partial charge in [0.25, 0.3) is 5.91 Å². The van der Waals surface area contributed by atoms with Crippen LogP contribution in [0.4, 0.5) is 0 Å². The van der Waals surface area contributed by atoms with E-state index in [1.165, 1.54) is 6.08 Å². The lowest BCUT2D eigenvalue weighted by atomic mass is 10.2. The molecule has 1 amide bonds. The molecule has 0 aliphatic carbocycles. The van der Waals surface area contributed by atoms with Crippen molar-refractivity contribution in [3.63, 3.8) is 0 Å². The largest absolute Gasteiger partial charge is 0.497 e. The molecule has 1 N–H and O–H groups in total. The van der Waals surface area contributed by atoms with Crippen LogP contribution in [0.1, 0.15) is 11.3 Å². The van der Waals surface area contributed by atoms with Gasteiger partial charge in [-0.1, -0.05) is 35.5 Å². The first-order valence-electron chi connectivity index (χ1n) is 9.04. The van der Waals surface area contributed by atoms with Gasteiger partial charge in [0.05, 0.1) is 26.5 Å². The molecule has 0 fully saturated rings. The Morgan fingerprint density at radius 1 is 1.10 bits per heavy atom. The number of methoxy groups -OCH3 is 1. The standard InChI is InChI=1S/C21H22N4O4/c1-27-19-10-7-17(8-11-19)16-29-23-21(26)12-9-18-15-25(24-22-18)13-14-28-20-5-3-2-4-6-20/h2-12,15H,13-14,16H2,1H3,(H,23,26)/b12-9+. The van der Waals surface area contributed by atoms with Crippen LogP contribution in [0.15, 0.2) is 66.9 Å². The van der Waals surface area contributed by atoms with Crippen molar-refractivity contribution in [1.82, 2.24) is 20.5 Å². The van der Waals surface area contributed by atoms with Gasteiger partial charge in [-0.15, -0.1) is 5.10 Å². The number of rotatable bonds is 10. The summed E-state index contributed by atoms with van der Waals surface area (Å²) in [5.41, 5.74) is 3.83. The zero-order chi connectivity index (χ0) is 20.3. The lowest BCUT2D eigenvalue weighted by molar-refractivity contribution is -0.129. The highest BCUT2D eigenvalue weighted by molar-refractivity contribution is 5.90. The van der Waals surface area contributed by atoms with Gasteiger partial charge in [-0.3, -0.25) is 9.63 Å². The number of ether oxygens (including phenoxy) is 2. The van der Waals surface area contributed by atoms with E-state index in [1.807, 2.05) is 54.6 Å². The average molecular weight is 394 g/mol. The first kappa shape index (κ1) is 20.1. The topological polar surface area (TPSA) is 87.5 Å². The van der Waals surface area contributed by atoms with Crippen LogP contribution in [-0.4, -0.2) is 34.6 Å². The third-order valence-corrected chi connectivity index (χ3v) is 3.86. The minimum Gasteiger partial charge on any atom is -0.497 e. The van der Waals surface area contributed by atoms with Crippen molar-refractivity contribution in [3.05, 3.63) is 78.1 Å². The van der Waals surface area contributed by atoms with Crippen molar-refractivity contribution >= 4 is 12.0 Å². The smallest absolute Gasteiger partial charge is 0.267 e. The minimum absolute atomic E-state index is 0.251. The van der Waals surface area contributed by atoms with Gasteiger partial charge in [0.2, 0.25) is 0 Å². The Kier molecular flexibility index (Phi) is 7.36. The molecule has 0 radical (unpaired) electrons. The average Bonchev–Trinajstić information content (AvgIpc) is 3.21. The normalized spacial score (nSPS) is 10.8. The molecule has 3 rings (SSSR count).